The summed E-state index contributed by atoms with van der Waals surface area (Å²) in [4.78, 5) is 23.1. The molecule has 1 aliphatic heterocycles. The van der Waals surface area contributed by atoms with E-state index >= 15 is 0 Å². The fourth-order valence-electron chi connectivity index (χ4n) is 1.70. The van der Waals surface area contributed by atoms with Crippen LogP contribution in [-0.2, 0) is 4.79 Å². The van der Waals surface area contributed by atoms with E-state index in [1.54, 1.807) is 12.1 Å². The highest BCUT2D eigenvalue weighted by molar-refractivity contribution is 6.12. The highest BCUT2D eigenvalue weighted by atomic mass is 16.5. The van der Waals surface area contributed by atoms with Gasteiger partial charge < -0.3 is 4.74 Å². The van der Waals surface area contributed by atoms with Crippen LogP contribution in [0.4, 0.5) is 0 Å². The van der Waals surface area contributed by atoms with Gasteiger partial charge in [-0.25, -0.2) is 0 Å². The largest absolute Gasteiger partial charge is 0.492 e. The third kappa shape index (κ3) is 1.65. The van der Waals surface area contributed by atoms with Crippen LogP contribution in [0, 0.1) is 12.8 Å². The molecular weight excluding hydrogens is 192 g/mol. The van der Waals surface area contributed by atoms with Crippen LogP contribution >= 0.6 is 0 Å². The van der Waals surface area contributed by atoms with E-state index in [1.165, 1.54) is 6.92 Å². The fraction of sp³-hybridized carbons (Fsp3) is 0.333. The molecule has 0 aliphatic carbocycles. The second-order valence-corrected chi connectivity index (χ2v) is 3.84. The predicted octanol–water partition coefficient (Wildman–Crippen LogP) is 1.78. The van der Waals surface area contributed by atoms with Crippen LogP contribution in [0.2, 0.25) is 0 Å². The molecular formula is C12H12O3. The zero-order valence-electron chi connectivity index (χ0n) is 8.74. The fourth-order valence-corrected chi connectivity index (χ4v) is 1.70. The lowest BCUT2D eigenvalue weighted by Gasteiger charge is -2.22. The number of hydrogen-bond acceptors (Lipinski definition) is 3. The molecule has 1 unspecified atom stereocenters. The second kappa shape index (κ2) is 3.50. The Morgan fingerprint density at radius 3 is 2.87 bits per heavy atom. The van der Waals surface area contributed by atoms with E-state index in [1.807, 2.05) is 13.0 Å². The predicted molar refractivity (Wildman–Crippen MR) is 55.2 cm³/mol. The van der Waals surface area contributed by atoms with Gasteiger partial charge in [0, 0.05) is 0 Å². The Bertz CT molecular complexity index is 434. The van der Waals surface area contributed by atoms with E-state index in [0.29, 0.717) is 11.3 Å². The van der Waals surface area contributed by atoms with Gasteiger partial charge in [-0.3, -0.25) is 9.59 Å². The third-order valence-corrected chi connectivity index (χ3v) is 2.61. The van der Waals surface area contributed by atoms with Gasteiger partial charge in [0.05, 0.1) is 5.56 Å². The Balaban J connectivity index is 2.45. The van der Waals surface area contributed by atoms with Crippen LogP contribution in [0.15, 0.2) is 18.2 Å². The smallest absolute Gasteiger partial charge is 0.180 e. The molecule has 1 atom stereocenters. The number of carbonyl (C=O) groups excluding carboxylic acids is 2. The second-order valence-electron chi connectivity index (χ2n) is 3.84. The molecule has 0 bridgehead atoms. The number of aryl methyl sites for hydroxylation is 1. The number of Topliss-reactive ketones (excluding diaryl/α,β-unsaturated/α-hetero) is 2. The van der Waals surface area contributed by atoms with Crippen molar-refractivity contribution >= 4 is 11.6 Å². The van der Waals surface area contributed by atoms with Crippen LogP contribution in [0.1, 0.15) is 22.8 Å². The minimum Gasteiger partial charge on any atom is -0.492 e. The Kier molecular flexibility index (Phi) is 2.31. The van der Waals surface area contributed by atoms with Crippen molar-refractivity contribution in [3.63, 3.8) is 0 Å². The highest BCUT2D eigenvalue weighted by Gasteiger charge is 2.31. The van der Waals surface area contributed by atoms with E-state index in [9.17, 15) is 9.59 Å². The number of ketones is 2. The van der Waals surface area contributed by atoms with Crippen LogP contribution in [0.5, 0.6) is 5.75 Å². The molecule has 0 aromatic heterocycles. The average Bonchev–Trinajstić information content (AvgIpc) is 2.19. The number of rotatable bonds is 1. The first-order chi connectivity index (χ1) is 7.09. The summed E-state index contributed by atoms with van der Waals surface area (Å²) in [6, 6.07) is 5.44. The first-order valence-electron chi connectivity index (χ1n) is 4.87. The lowest BCUT2D eigenvalue weighted by atomic mass is 9.91. The van der Waals surface area contributed by atoms with Gasteiger partial charge in [0.25, 0.3) is 0 Å². The molecule has 0 N–H and O–H groups in total. The summed E-state index contributed by atoms with van der Waals surface area (Å²) in [5.41, 5.74) is 1.52. The lowest BCUT2D eigenvalue weighted by Crippen LogP contribution is -2.32. The normalized spacial score (nSPS) is 19.3. The maximum Gasteiger partial charge on any atom is 0.180 e. The van der Waals surface area contributed by atoms with Crippen LogP contribution in [0.25, 0.3) is 0 Å². The van der Waals surface area contributed by atoms with E-state index < -0.39 is 5.92 Å². The van der Waals surface area contributed by atoms with Crippen molar-refractivity contribution in [2.75, 3.05) is 6.61 Å². The Morgan fingerprint density at radius 1 is 1.47 bits per heavy atom. The van der Waals surface area contributed by atoms with Crippen molar-refractivity contribution < 1.29 is 14.3 Å². The van der Waals surface area contributed by atoms with E-state index in [4.69, 9.17) is 4.74 Å². The number of fused-ring (bicyclic) bond motifs is 1. The molecule has 0 fully saturated rings. The molecule has 78 valence electrons. The minimum atomic E-state index is -0.626. The molecule has 0 spiro atoms. The zero-order chi connectivity index (χ0) is 11.0. The van der Waals surface area contributed by atoms with Crippen molar-refractivity contribution in [1.29, 1.82) is 0 Å². The number of ether oxygens (including phenoxy) is 1. The van der Waals surface area contributed by atoms with Gasteiger partial charge >= 0.3 is 0 Å². The van der Waals surface area contributed by atoms with Gasteiger partial charge in [-0.2, -0.15) is 0 Å². The molecule has 3 nitrogen and oxygen atoms in total. The summed E-state index contributed by atoms with van der Waals surface area (Å²) in [7, 11) is 0. The summed E-state index contributed by atoms with van der Waals surface area (Å²) in [6.07, 6.45) is 0. The maximum atomic E-state index is 11.9. The van der Waals surface area contributed by atoms with Gasteiger partial charge in [-0.15, -0.1) is 0 Å². The molecule has 2 rings (SSSR count). The molecule has 1 heterocycles. The van der Waals surface area contributed by atoms with E-state index in [-0.39, 0.29) is 18.2 Å². The van der Waals surface area contributed by atoms with Gasteiger partial charge in [0.1, 0.15) is 24.1 Å². The Labute approximate surface area is 88.1 Å². The molecule has 1 aromatic carbocycles. The molecule has 1 aliphatic rings. The first kappa shape index (κ1) is 9.90. The molecule has 1 aromatic rings. The summed E-state index contributed by atoms with van der Waals surface area (Å²) in [5, 5.41) is 0. The van der Waals surface area contributed by atoms with Gasteiger partial charge in [0.15, 0.2) is 5.78 Å². The average molecular weight is 204 g/mol. The molecule has 3 heteroatoms. The number of hydrogen-bond donors (Lipinski definition) is 0. The van der Waals surface area contributed by atoms with Crippen molar-refractivity contribution in [1.82, 2.24) is 0 Å². The van der Waals surface area contributed by atoms with Crippen LogP contribution in [0.3, 0.4) is 0 Å². The molecule has 0 saturated carbocycles. The maximum absolute atomic E-state index is 11.9. The van der Waals surface area contributed by atoms with Gasteiger partial charge in [-0.05, 0) is 26.0 Å². The zero-order valence-corrected chi connectivity index (χ0v) is 8.74. The minimum absolute atomic E-state index is 0.118. The standard InChI is InChI=1S/C12H12O3/c1-7-3-4-11-9(5-7)12(14)10(6-15-11)8(2)13/h3-5,10H,6H2,1-2H3. The lowest BCUT2D eigenvalue weighted by molar-refractivity contribution is -0.120. The number of carbonyl (C=O) groups is 2. The first-order valence-corrected chi connectivity index (χ1v) is 4.87. The van der Waals surface area contributed by atoms with Crippen LogP contribution in [-0.4, -0.2) is 18.2 Å². The van der Waals surface area contributed by atoms with Crippen molar-refractivity contribution in [3.05, 3.63) is 29.3 Å². The Morgan fingerprint density at radius 2 is 2.20 bits per heavy atom. The Hall–Kier alpha value is -1.64. The molecule has 0 saturated heterocycles. The topological polar surface area (TPSA) is 43.4 Å². The van der Waals surface area contributed by atoms with E-state index in [0.717, 1.165) is 5.56 Å². The van der Waals surface area contributed by atoms with Crippen molar-refractivity contribution in [3.8, 4) is 5.75 Å². The number of benzene rings is 1. The van der Waals surface area contributed by atoms with E-state index in [2.05, 4.69) is 0 Å². The quantitative estimate of drug-likeness (QED) is 0.655. The SMILES string of the molecule is CC(=O)C1COc2ccc(C)cc2C1=O. The molecule has 15 heavy (non-hydrogen) atoms. The summed E-state index contributed by atoms with van der Waals surface area (Å²) in [5.74, 6) is -0.290. The molecule has 0 amide bonds. The summed E-state index contributed by atoms with van der Waals surface area (Å²) in [6.45, 7) is 3.50. The summed E-state index contributed by atoms with van der Waals surface area (Å²) >= 11 is 0. The highest BCUT2D eigenvalue weighted by Crippen LogP contribution is 2.28. The van der Waals surface area contributed by atoms with Crippen molar-refractivity contribution in [2.24, 2.45) is 5.92 Å². The summed E-state index contributed by atoms with van der Waals surface area (Å²) < 4.78 is 5.38. The van der Waals surface area contributed by atoms with Gasteiger partial charge in [-0.1, -0.05) is 11.6 Å². The van der Waals surface area contributed by atoms with Crippen molar-refractivity contribution in [2.45, 2.75) is 13.8 Å². The van der Waals surface area contributed by atoms with Crippen LogP contribution < -0.4 is 4.74 Å². The monoisotopic (exact) mass is 204 g/mol. The van der Waals surface area contributed by atoms with Gasteiger partial charge in [0.2, 0.25) is 0 Å². The third-order valence-electron chi connectivity index (χ3n) is 2.61. The molecule has 0 radical (unpaired) electrons.